The van der Waals surface area contributed by atoms with E-state index >= 15 is 0 Å². The van der Waals surface area contributed by atoms with Crippen LogP contribution in [0.5, 0.6) is 0 Å². The van der Waals surface area contributed by atoms with E-state index in [2.05, 4.69) is 26.7 Å². The van der Waals surface area contributed by atoms with Crippen LogP contribution in [-0.2, 0) is 6.54 Å². The molecule has 2 heterocycles. The highest BCUT2D eigenvalue weighted by Gasteiger charge is 2.16. The Morgan fingerprint density at radius 1 is 1.03 bits per heavy atom. The van der Waals surface area contributed by atoms with Crippen LogP contribution < -0.4 is 5.32 Å². The molecule has 0 aliphatic heterocycles. The molecule has 0 aliphatic rings. The lowest BCUT2D eigenvalue weighted by Crippen LogP contribution is -2.12. The lowest BCUT2D eigenvalue weighted by atomic mass is 10.0. The fourth-order valence-electron chi connectivity index (χ4n) is 3.63. The summed E-state index contributed by atoms with van der Waals surface area (Å²) in [6.45, 7) is 0.497. The minimum absolute atomic E-state index is 0.313. The normalized spacial score (nSPS) is 10.7. The topological polar surface area (TPSA) is 99.4 Å². The van der Waals surface area contributed by atoms with Crippen LogP contribution in [0.25, 0.3) is 22.0 Å². The quantitative estimate of drug-likeness (QED) is 0.436. The van der Waals surface area contributed by atoms with Crippen molar-refractivity contribution in [2.24, 2.45) is 0 Å². The van der Waals surface area contributed by atoms with E-state index in [4.69, 9.17) is 5.26 Å². The zero-order chi connectivity index (χ0) is 21.9. The van der Waals surface area contributed by atoms with Crippen molar-refractivity contribution >= 4 is 22.5 Å². The monoisotopic (exact) mass is 418 g/mol. The Kier molecular flexibility index (Phi) is 4.94. The molecule has 7 nitrogen and oxygen atoms in total. The van der Waals surface area contributed by atoms with Crippen LogP contribution in [0.2, 0.25) is 0 Å². The highest BCUT2D eigenvalue weighted by Crippen LogP contribution is 2.25. The molecular formula is C25H18N6O. The van der Waals surface area contributed by atoms with Crippen LogP contribution in [-0.4, -0.2) is 25.9 Å². The maximum absolute atomic E-state index is 12.9. The average molecular weight is 418 g/mol. The predicted octanol–water partition coefficient (Wildman–Crippen LogP) is 4.60. The van der Waals surface area contributed by atoms with Crippen LogP contribution in [0.15, 0.2) is 85.2 Å². The molecule has 0 unspecified atom stereocenters. The van der Waals surface area contributed by atoms with Crippen molar-refractivity contribution in [1.82, 2.24) is 20.0 Å². The van der Waals surface area contributed by atoms with E-state index in [1.807, 2.05) is 66.7 Å². The number of nitriles is 1. The van der Waals surface area contributed by atoms with E-state index in [-0.39, 0.29) is 5.91 Å². The summed E-state index contributed by atoms with van der Waals surface area (Å²) in [5.74, 6) is -0.313. The minimum Gasteiger partial charge on any atom is -0.318 e. The van der Waals surface area contributed by atoms with Crippen LogP contribution in [0.1, 0.15) is 21.6 Å². The number of rotatable bonds is 5. The molecule has 2 N–H and O–H groups in total. The molecule has 0 atom stereocenters. The van der Waals surface area contributed by atoms with Gasteiger partial charge in [-0.25, -0.2) is 0 Å². The molecule has 0 saturated carbocycles. The molecule has 0 fully saturated rings. The second-order valence-corrected chi connectivity index (χ2v) is 7.39. The van der Waals surface area contributed by atoms with Gasteiger partial charge in [-0.2, -0.15) is 15.5 Å². The number of carbonyl (C=O) groups is 1. The molecule has 5 rings (SSSR count). The van der Waals surface area contributed by atoms with Gasteiger partial charge in [0.15, 0.2) is 5.69 Å². The van der Waals surface area contributed by atoms with E-state index in [0.717, 1.165) is 27.6 Å². The van der Waals surface area contributed by atoms with Crippen molar-refractivity contribution in [3.8, 4) is 17.2 Å². The smallest absolute Gasteiger partial charge is 0.276 e. The van der Waals surface area contributed by atoms with Gasteiger partial charge >= 0.3 is 0 Å². The first-order chi connectivity index (χ1) is 15.7. The summed E-state index contributed by atoms with van der Waals surface area (Å²) in [5, 5.41) is 24.1. The van der Waals surface area contributed by atoms with Gasteiger partial charge in [-0.15, -0.1) is 0 Å². The number of hydrogen-bond donors (Lipinski definition) is 2. The third-order valence-corrected chi connectivity index (χ3v) is 5.18. The Morgan fingerprint density at radius 2 is 1.91 bits per heavy atom. The van der Waals surface area contributed by atoms with E-state index < -0.39 is 0 Å². The van der Waals surface area contributed by atoms with E-state index in [1.165, 1.54) is 0 Å². The second kappa shape index (κ2) is 8.20. The van der Waals surface area contributed by atoms with E-state index in [1.54, 1.807) is 23.1 Å². The van der Waals surface area contributed by atoms with Crippen molar-refractivity contribution < 1.29 is 4.79 Å². The third kappa shape index (κ3) is 3.85. The zero-order valence-electron chi connectivity index (χ0n) is 17.0. The molecule has 0 spiro atoms. The maximum Gasteiger partial charge on any atom is 0.276 e. The summed E-state index contributed by atoms with van der Waals surface area (Å²) in [6.07, 6.45) is 3.34. The summed E-state index contributed by atoms with van der Waals surface area (Å²) in [5.41, 5.74) is 5.34. The molecular weight excluding hydrogens is 400 g/mol. The third-order valence-electron chi connectivity index (χ3n) is 5.18. The fourth-order valence-corrected chi connectivity index (χ4v) is 3.63. The average Bonchev–Trinajstić information content (AvgIpc) is 3.46. The molecule has 3 aromatic carbocycles. The highest BCUT2D eigenvalue weighted by atomic mass is 16.2. The Balaban J connectivity index is 1.36. The largest absolute Gasteiger partial charge is 0.318 e. The zero-order valence-corrected chi connectivity index (χ0v) is 17.0. The second-order valence-electron chi connectivity index (χ2n) is 7.39. The molecule has 0 aliphatic carbocycles. The maximum atomic E-state index is 12.9. The lowest BCUT2D eigenvalue weighted by molar-refractivity contribution is 0.102. The highest BCUT2D eigenvalue weighted by molar-refractivity contribution is 6.11. The van der Waals surface area contributed by atoms with E-state index in [0.29, 0.717) is 23.5 Å². The Morgan fingerprint density at radius 3 is 2.75 bits per heavy atom. The summed E-state index contributed by atoms with van der Waals surface area (Å²) >= 11 is 0. The summed E-state index contributed by atoms with van der Waals surface area (Å²) < 4.78 is 1.71. The van der Waals surface area contributed by atoms with Gasteiger partial charge in [-0.3, -0.25) is 14.6 Å². The number of aromatic amines is 1. The number of carbonyl (C=O) groups excluding carboxylic acids is 1. The number of nitrogens with one attached hydrogen (secondary N) is 2. The number of hydrogen-bond acceptors (Lipinski definition) is 4. The molecule has 154 valence electrons. The number of fused-ring (bicyclic) bond motifs is 1. The molecule has 7 heteroatoms. The Labute approximate surface area is 183 Å². The van der Waals surface area contributed by atoms with Gasteiger partial charge in [-0.1, -0.05) is 48.5 Å². The molecule has 0 radical (unpaired) electrons. The minimum atomic E-state index is -0.313. The number of benzene rings is 3. The van der Waals surface area contributed by atoms with Gasteiger partial charge in [0.2, 0.25) is 0 Å². The Hall–Kier alpha value is -4.70. The van der Waals surface area contributed by atoms with Crippen LogP contribution in [0.3, 0.4) is 0 Å². The Bertz CT molecular complexity index is 1460. The number of nitrogens with zero attached hydrogens (tertiary/aromatic N) is 4. The van der Waals surface area contributed by atoms with Gasteiger partial charge in [-0.05, 0) is 41.0 Å². The number of amides is 1. The first kappa shape index (κ1) is 19.3. The van der Waals surface area contributed by atoms with Crippen molar-refractivity contribution in [1.29, 1.82) is 5.26 Å². The van der Waals surface area contributed by atoms with Crippen molar-refractivity contribution in [2.75, 3.05) is 5.32 Å². The van der Waals surface area contributed by atoms with Crippen molar-refractivity contribution in [2.45, 2.75) is 6.54 Å². The van der Waals surface area contributed by atoms with Gasteiger partial charge in [0.1, 0.15) is 0 Å². The molecule has 2 aromatic heterocycles. The standard InChI is InChI=1S/C25H18N6O/c26-13-17-5-4-6-18(11-17)15-31-16-21(14-27-31)28-25(32)24-22-12-20(9-10-23(22)29-30-24)19-7-2-1-3-8-19/h1-12,14,16H,15H2,(H,28,32)(H,29,30). The number of aromatic nitrogens is 4. The van der Waals surface area contributed by atoms with Crippen molar-refractivity contribution in [3.05, 3.63) is 102 Å². The predicted molar refractivity (Wildman–Crippen MR) is 122 cm³/mol. The van der Waals surface area contributed by atoms with Crippen LogP contribution in [0, 0.1) is 11.3 Å². The summed E-state index contributed by atoms with van der Waals surface area (Å²) in [4.78, 5) is 12.9. The molecule has 0 saturated heterocycles. The number of anilines is 1. The molecule has 32 heavy (non-hydrogen) atoms. The van der Waals surface area contributed by atoms with Crippen LogP contribution >= 0.6 is 0 Å². The van der Waals surface area contributed by atoms with Crippen molar-refractivity contribution in [3.63, 3.8) is 0 Å². The summed E-state index contributed by atoms with van der Waals surface area (Å²) in [7, 11) is 0. The van der Waals surface area contributed by atoms with Crippen LogP contribution in [0.4, 0.5) is 5.69 Å². The number of H-pyrrole nitrogens is 1. The SMILES string of the molecule is N#Cc1cccc(Cn2cc(NC(=O)c3n[nH]c4ccc(-c5ccccc5)cc34)cn2)c1. The lowest BCUT2D eigenvalue weighted by Gasteiger charge is -2.03. The first-order valence-corrected chi connectivity index (χ1v) is 10.1. The molecule has 5 aromatic rings. The first-order valence-electron chi connectivity index (χ1n) is 10.1. The fraction of sp³-hybridized carbons (Fsp3) is 0.0400. The molecule has 0 bridgehead atoms. The summed E-state index contributed by atoms with van der Waals surface area (Å²) in [6, 6.07) is 25.4. The van der Waals surface area contributed by atoms with Gasteiger partial charge in [0, 0.05) is 11.6 Å². The van der Waals surface area contributed by atoms with Gasteiger partial charge < -0.3 is 5.32 Å². The van der Waals surface area contributed by atoms with E-state index in [9.17, 15) is 4.79 Å². The van der Waals surface area contributed by atoms with Gasteiger partial charge in [0.05, 0.1) is 35.6 Å². The van der Waals surface area contributed by atoms with Gasteiger partial charge in [0.25, 0.3) is 5.91 Å². The molecule has 1 amide bonds.